The second-order valence-electron chi connectivity index (χ2n) is 4.11. The number of hydrazone groups is 1. The summed E-state index contributed by atoms with van der Waals surface area (Å²) in [7, 11) is 0. The van der Waals surface area contributed by atoms with Gasteiger partial charge in [-0.15, -0.1) is 0 Å². The van der Waals surface area contributed by atoms with E-state index in [2.05, 4.69) is 10.5 Å². The normalized spacial score (nSPS) is 11.0. The number of nitrogens with one attached hydrogen (secondary N) is 1. The Labute approximate surface area is 120 Å². The molecule has 2 aromatic carbocycles. The molecule has 0 aliphatic heterocycles. The average molecular weight is 284 g/mol. The van der Waals surface area contributed by atoms with Gasteiger partial charge >= 0.3 is 6.03 Å². The highest BCUT2D eigenvalue weighted by Crippen LogP contribution is 2.15. The van der Waals surface area contributed by atoms with Gasteiger partial charge in [-0.25, -0.2) is 10.2 Å². The molecular formula is C14H12N4O3. The average Bonchev–Trinajstić information content (AvgIpc) is 2.49. The van der Waals surface area contributed by atoms with Crippen molar-refractivity contribution in [3.8, 4) is 0 Å². The Morgan fingerprint density at radius 2 is 1.62 bits per heavy atom. The first-order valence-corrected chi connectivity index (χ1v) is 6.01. The van der Waals surface area contributed by atoms with Crippen molar-refractivity contribution < 1.29 is 9.72 Å². The zero-order chi connectivity index (χ0) is 15.2. The number of nitrogens with zero attached hydrogens (tertiary/aromatic N) is 2. The van der Waals surface area contributed by atoms with E-state index in [1.165, 1.54) is 12.1 Å². The number of nitrogens with two attached hydrogens (primary N) is 1. The number of nitro benzene ring substituents is 1. The van der Waals surface area contributed by atoms with Crippen molar-refractivity contribution in [2.45, 2.75) is 0 Å². The molecule has 106 valence electrons. The fraction of sp³-hybridized carbons (Fsp3) is 0. The second kappa shape index (κ2) is 6.29. The van der Waals surface area contributed by atoms with Crippen LogP contribution in [0.15, 0.2) is 59.7 Å². The van der Waals surface area contributed by atoms with Gasteiger partial charge in [0.25, 0.3) is 5.69 Å². The molecule has 7 nitrogen and oxygen atoms in total. The number of carbonyl (C=O) groups excluding carboxylic acids is 1. The maximum atomic E-state index is 10.8. The zero-order valence-electron chi connectivity index (χ0n) is 10.9. The number of urea groups is 1. The fourth-order valence-electron chi connectivity index (χ4n) is 1.74. The number of amides is 2. The molecule has 0 bridgehead atoms. The van der Waals surface area contributed by atoms with Gasteiger partial charge in [0, 0.05) is 23.3 Å². The Bertz CT molecular complexity index is 681. The number of benzene rings is 2. The monoisotopic (exact) mass is 284 g/mol. The van der Waals surface area contributed by atoms with Crippen molar-refractivity contribution in [2.24, 2.45) is 10.8 Å². The Hall–Kier alpha value is -3.22. The molecule has 2 aromatic rings. The van der Waals surface area contributed by atoms with Gasteiger partial charge in [-0.2, -0.15) is 5.10 Å². The first-order chi connectivity index (χ1) is 10.1. The maximum Gasteiger partial charge on any atom is 0.332 e. The molecule has 0 spiro atoms. The molecule has 0 saturated carbocycles. The molecule has 0 radical (unpaired) electrons. The van der Waals surface area contributed by atoms with E-state index in [9.17, 15) is 14.9 Å². The molecule has 0 aromatic heterocycles. The molecule has 0 fully saturated rings. The van der Waals surface area contributed by atoms with E-state index in [1.807, 2.05) is 30.3 Å². The minimum atomic E-state index is -0.787. The Morgan fingerprint density at radius 1 is 1.05 bits per heavy atom. The van der Waals surface area contributed by atoms with Crippen molar-refractivity contribution >= 4 is 17.4 Å². The van der Waals surface area contributed by atoms with E-state index in [0.29, 0.717) is 11.3 Å². The molecular weight excluding hydrogens is 272 g/mol. The van der Waals surface area contributed by atoms with E-state index in [4.69, 9.17) is 5.73 Å². The van der Waals surface area contributed by atoms with E-state index < -0.39 is 11.0 Å². The van der Waals surface area contributed by atoms with Crippen LogP contribution >= 0.6 is 0 Å². The first-order valence-electron chi connectivity index (χ1n) is 6.01. The van der Waals surface area contributed by atoms with Gasteiger partial charge in [-0.1, -0.05) is 30.3 Å². The number of non-ortho nitro benzene ring substituents is 1. The SMILES string of the molecule is NC(=O)N/N=C(/c1ccccc1)c1ccc([N+](=O)[O-])cc1. The van der Waals surface area contributed by atoms with E-state index in [-0.39, 0.29) is 5.69 Å². The van der Waals surface area contributed by atoms with Crippen LogP contribution < -0.4 is 11.2 Å². The summed E-state index contributed by atoms with van der Waals surface area (Å²) in [5.74, 6) is 0. The summed E-state index contributed by atoms with van der Waals surface area (Å²) in [6.07, 6.45) is 0. The quantitative estimate of drug-likeness (QED) is 0.509. The van der Waals surface area contributed by atoms with Crippen LogP contribution in [-0.4, -0.2) is 16.7 Å². The number of hydrogen-bond donors (Lipinski definition) is 2. The van der Waals surface area contributed by atoms with Crippen LogP contribution in [-0.2, 0) is 0 Å². The van der Waals surface area contributed by atoms with Gasteiger partial charge in [-0.05, 0) is 12.1 Å². The Kier molecular flexibility index (Phi) is 4.25. The van der Waals surface area contributed by atoms with Crippen molar-refractivity contribution in [1.29, 1.82) is 0 Å². The maximum absolute atomic E-state index is 10.8. The lowest BCUT2D eigenvalue weighted by Crippen LogP contribution is -2.26. The largest absolute Gasteiger partial charge is 0.350 e. The highest BCUT2D eigenvalue weighted by molar-refractivity contribution is 6.13. The summed E-state index contributed by atoms with van der Waals surface area (Å²) in [5.41, 5.74) is 9.01. The summed E-state index contributed by atoms with van der Waals surface area (Å²) in [6.45, 7) is 0. The Morgan fingerprint density at radius 3 is 2.14 bits per heavy atom. The first kappa shape index (κ1) is 14.2. The van der Waals surface area contributed by atoms with E-state index in [1.54, 1.807) is 12.1 Å². The second-order valence-corrected chi connectivity index (χ2v) is 4.11. The molecule has 7 heteroatoms. The summed E-state index contributed by atoms with van der Waals surface area (Å²) in [5, 5.41) is 14.6. The van der Waals surface area contributed by atoms with Crippen LogP contribution in [0.25, 0.3) is 0 Å². The van der Waals surface area contributed by atoms with Gasteiger partial charge in [-0.3, -0.25) is 10.1 Å². The van der Waals surface area contributed by atoms with Crippen molar-refractivity contribution in [2.75, 3.05) is 0 Å². The van der Waals surface area contributed by atoms with Crippen LogP contribution in [0, 0.1) is 10.1 Å². The van der Waals surface area contributed by atoms with Crippen molar-refractivity contribution in [3.05, 3.63) is 75.8 Å². The van der Waals surface area contributed by atoms with Gasteiger partial charge in [0.15, 0.2) is 0 Å². The molecule has 2 amide bonds. The van der Waals surface area contributed by atoms with Crippen LogP contribution in [0.4, 0.5) is 10.5 Å². The molecule has 0 heterocycles. The standard InChI is InChI=1S/C14H12N4O3/c15-14(19)17-16-13(10-4-2-1-3-5-10)11-6-8-12(9-7-11)18(20)21/h1-9H,(H3,15,17,19)/b16-13-. The predicted molar refractivity (Wildman–Crippen MR) is 77.9 cm³/mol. The highest BCUT2D eigenvalue weighted by Gasteiger charge is 2.10. The summed E-state index contributed by atoms with van der Waals surface area (Å²) >= 11 is 0. The summed E-state index contributed by atoms with van der Waals surface area (Å²) < 4.78 is 0. The van der Waals surface area contributed by atoms with Crippen molar-refractivity contribution in [1.82, 2.24) is 5.43 Å². The van der Waals surface area contributed by atoms with Crippen LogP contribution in [0.1, 0.15) is 11.1 Å². The molecule has 3 N–H and O–H groups in total. The summed E-state index contributed by atoms with van der Waals surface area (Å²) in [6, 6.07) is 14.2. The third-order valence-electron chi connectivity index (χ3n) is 2.68. The minimum absolute atomic E-state index is 0.0194. The highest BCUT2D eigenvalue weighted by atomic mass is 16.6. The van der Waals surface area contributed by atoms with Crippen LogP contribution in [0.5, 0.6) is 0 Å². The molecule has 0 aliphatic carbocycles. The zero-order valence-corrected chi connectivity index (χ0v) is 10.9. The minimum Gasteiger partial charge on any atom is -0.350 e. The fourth-order valence-corrected chi connectivity index (χ4v) is 1.74. The number of carbonyl (C=O) groups is 1. The van der Waals surface area contributed by atoms with E-state index >= 15 is 0 Å². The molecule has 0 atom stereocenters. The number of rotatable bonds is 4. The third kappa shape index (κ3) is 3.63. The lowest BCUT2D eigenvalue weighted by atomic mass is 10.0. The number of nitro groups is 1. The smallest absolute Gasteiger partial charge is 0.332 e. The molecule has 0 unspecified atom stereocenters. The van der Waals surface area contributed by atoms with E-state index in [0.717, 1.165) is 5.56 Å². The molecule has 21 heavy (non-hydrogen) atoms. The van der Waals surface area contributed by atoms with Gasteiger partial charge in [0.1, 0.15) is 0 Å². The lowest BCUT2D eigenvalue weighted by molar-refractivity contribution is -0.384. The Balaban J connectivity index is 2.42. The lowest BCUT2D eigenvalue weighted by Gasteiger charge is -2.07. The molecule has 2 rings (SSSR count). The molecule has 0 aliphatic rings. The van der Waals surface area contributed by atoms with Gasteiger partial charge < -0.3 is 5.73 Å². The number of hydrogen-bond acceptors (Lipinski definition) is 4. The van der Waals surface area contributed by atoms with Crippen LogP contribution in [0.2, 0.25) is 0 Å². The topological polar surface area (TPSA) is 111 Å². The van der Waals surface area contributed by atoms with Gasteiger partial charge in [0.05, 0.1) is 10.6 Å². The number of primary amides is 1. The van der Waals surface area contributed by atoms with Crippen molar-refractivity contribution in [3.63, 3.8) is 0 Å². The third-order valence-corrected chi connectivity index (χ3v) is 2.68. The van der Waals surface area contributed by atoms with Gasteiger partial charge in [0.2, 0.25) is 0 Å². The van der Waals surface area contributed by atoms with Crippen LogP contribution in [0.3, 0.4) is 0 Å². The summed E-state index contributed by atoms with van der Waals surface area (Å²) in [4.78, 5) is 21.0. The predicted octanol–water partition coefficient (Wildman–Crippen LogP) is 2.02. The molecule has 0 saturated heterocycles.